The molecule has 0 aliphatic heterocycles. The summed E-state index contributed by atoms with van der Waals surface area (Å²) in [6.07, 6.45) is 0. The van der Waals surface area contributed by atoms with E-state index in [1.165, 1.54) is 24.3 Å². The van der Waals surface area contributed by atoms with E-state index in [1.807, 2.05) is 0 Å². The van der Waals surface area contributed by atoms with Crippen LogP contribution in [0.3, 0.4) is 0 Å². The number of aliphatic hydroxyl groups is 1. The Labute approximate surface area is 219 Å². The molecule has 0 unspecified atom stereocenters. The smallest absolute Gasteiger partial charge is 0.335 e. The SMILES string of the molecule is O=C(O)c1ccc(C(=O)c2c(OCCOCCOCCOCCOCCOCCO)ccc(F)c2F)cc1. The van der Waals surface area contributed by atoms with Gasteiger partial charge in [-0.2, -0.15) is 0 Å². The van der Waals surface area contributed by atoms with Gasteiger partial charge in [0.2, 0.25) is 0 Å². The van der Waals surface area contributed by atoms with Crippen LogP contribution in [0.15, 0.2) is 36.4 Å². The van der Waals surface area contributed by atoms with Crippen LogP contribution in [-0.4, -0.2) is 101 Å². The topological polar surface area (TPSA) is 130 Å². The molecule has 0 aromatic heterocycles. The summed E-state index contributed by atoms with van der Waals surface area (Å²) in [5.74, 6) is -4.75. The number of carboxylic acid groups (broad SMARTS) is 1. The molecule has 38 heavy (non-hydrogen) atoms. The Morgan fingerprint density at radius 1 is 0.632 bits per heavy atom. The third-order valence-corrected chi connectivity index (χ3v) is 4.89. The van der Waals surface area contributed by atoms with Gasteiger partial charge in [-0.15, -0.1) is 0 Å². The van der Waals surface area contributed by atoms with E-state index in [1.54, 1.807) is 0 Å². The van der Waals surface area contributed by atoms with Crippen LogP contribution in [-0.2, 0) is 23.7 Å². The van der Waals surface area contributed by atoms with E-state index in [0.29, 0.717) is 46.2 Å². The van der Waals surface area contributed by atoms with Crippen molar-refractivity contribution in [3.63, 3.8) is 0 Å². The Kier molecular flexibility index (Phi) is 15.0. The number of carbonyl (C=O) groups is 2. The summed E-state index contributed by atoms with van der Waals surface area (Å²) in [6, 6.07) is 6.84. The third-order valence-electron chi connectivity index (χ3n) is 4.89. The van der Waals surface area contributed by atoms with Crippen molar-refractivity contribution < 1.29 is 57.0 Å². The Morgan fingerprint density at radius 2 is 1.08 bits per heavy atom. The summed E-state index contributed by atoms with van der Waals surface area (Å²) < 4.78 is 60.2. The van der Waals surface area contributed by atoms with Gasteiger partial charge in [0.1, 0.15) is 17.9 Å². The molecular weight excluding hydrogens is 510 g/mol. The molecule has 0 bridgehead atoms. The van der Waals surface area contributed by atoms with Crippen LogP contribution in [0.1, 0.15) is 26.3 Å². The first-order chi connectivity index (χ1) is 18.5. The van der Waals surface area contributed by atoms with Gasteiger partial charge in [0.15, 0.2) is 17.4 Å². The highest BCUT2D eigenvalue weighted by Crippen LogP contribution is 2.27. The largest absolute Gasteiger partial charge is 0.490 e. The van der Waals surface area contributed by atoms with E-state index >= 15 is 0 Å². The molecule has 0 spiro atoms. The number of aromatic carboxylic acids is 1. The highest BCUT2D eigenvalue weighted by atomic mass is 19.2. The number of hydrogen-bond acceptors (Lipinski definition) is 9. The number of carboxylic acids is 1. The molecule has 0 aliphatic rings. The van der Waals surface area contributed by atoms with Crippen molar-refractivity contribution in [2.75, 3.05) is 79.3 Å². The standard InChI is InChI=1S/C26H32F2O10/c27-21-5-6-22(23(24(21)28)25(30)19-1-3-20(4-2-19)26(31)32)38-18-17-37-16-15-36-14-13-35-12-11-34-10-9-33-8-7-29/h1-6,29H,7-18H2,(H,31,32). The van der Waals surface area contributed by atoms with Crippen molar-refractivity contribution in [2.24, 2.45) is 0 Å². The first-order valence-corrected chi connectivity index (χ1v) is 11.9. The number of halogens is 2. The van der Waals surface area contributed by atoms with Crippen molar-refractivity contribution >= 4 is 11.8 Å². The second-order valence-electron chi connectivity index (χ2n) is 7.58. The molecule has 10 nitrogen and oxygen atoms in total. The number of hydrogen-bond donors (Lipinski definition) is 2. The average molecular weight is 543 g/mol. The van der Waals surface area contributed by atoms with E-state index in [4.69, 9.17) is 38.6 Å². The van der Waals surface area contributed by atoms with E-state index in [2.05, 4.69) is 0 Å². The maximum atomic E-state index is 14.5. The molecule has 2 N–H and O–H groups in total. The van der Waals surface area contributed by atoms with Crippen LogP contribution in [0.2, 0.25) is 0 Å². The zero-order valence-corrected chi connectivity index (χ0v) is 20.9. The van der Waals surface area contributed by atoms with Gasteiger partial charge >= 0.3 is 5.97 Å². The molecule has 0 heterocycles. The third kappa shape index (κ3) is 11.2. The molecule has 2 rings (SSSR count). The molecule has 2 aromatic carbocycles. The lowest BCUT2D eigenvalue weighted by atomic mass is 10.0. The molecule has 210 valence electrons. The molecule has 0 saturated heterocycles. The summed E-state index contributed by atoms with van der Waals surface area (Å²) in [5, 5.41) is 17.5. The predicted octanol–water partition coefficient (Wildman–Crippen LogP) is 2.35. The first kappa shape index (κ1) is 31.2. The number of aliphatic hydroxyl groups excluding tert-OH is 1. The van der Waals surface area contributed by atoms with Crippen LogP contribution >= 0.6 is 0 Å². The van der Waals surface area contributed by atoms with Crippen LogP contribution < -0.4 is 4.74 Å². The summed E-state index contributed by atoms with van der Waals surface area (Å²) in [4.78, 5) is 23.8. The minimum Gasteiger partial charge on any atom is -0.490 e. The van der Waals surface area contributed by atoms with Crippen molar-refractivity contribution in [1.82, 2.24) is 0 Å². The van der Waals surface area contributed by atoms with E-state index in [0.717, 1.165) is 12.1 Å². The zero-order chi connectivity index (χ0) is 27.6. The lowest BCUT2D eigenvalue weighted by molar-refractivity contribution is -0.0146. The lowest BCUT2D eigenvalue weighted by Crippen LogP contribution is -2.15. The summed E-state index contributed by atoms with van der Waals surface area (Å²) in [7, 11) is 0. The van der Waals surface area contributed by atoms with Gasteiger partial charge in [-0.25, -0.2) is 13.6 Å². The van der Waals surface area contributed by atoms with Gasteiger partial charge in [0.25, 0.3) is 0 Å². The summed E-state index contributed by atoms with van der Waals surface area (Å²) in [6.45, 7) is 3.37. The molecule has 0 amide bonds. The Balaban J connectivity index is 1.63. The quantitative estimate of drug-likeness (QED) is 0.179. The molecule has 0 fully saturated rings. The predicted molar refractivity (Wildman–Crippen MR) is 130 cm³/mol. The average Bonchev–Trinajstić information content (AvgIpc) is 2.92. The first-order valence-electron chi connectivity index (χ1n) is 11.9. The van der Waals surface area contributed by atoms with Gasteiger partial charge in [0.05, 0.1) is 78.2 Å². The molecule has 0 atom stereocenters. The second kappa shape index (κ2) is 18.3. The van der Waals surface area contributed by atoms with Crippen molar-refractivity contribution in [3.8, 4) is 5.75 Å². The van der Waals surface area contributed by atoms with Crippen LogP contribution in [0, 0.1) is 11.6 Å². The fourth-order valence-electron chi connectivity index (χ4n) is 3.03. The Bertz CT molecular complexity index is 985. The minimum atomic E-state index is -1.36. The maximum Gasteiger partial charge on any atom is 0.335 e. The Morgan fingerprint density at radius 3 is 1.55 bits per heavy atom. The van der Waals surface area contributed by atoms with Crippen molar-refractivity contribution in [1.29, 1.82) is 0 Å². The van der Waals surface area contributed by atoms with Gasteiger partial charge in [-0.1, -0.05) is 12.1 Å². The minimum absolute atomic E-state index is 0.0157. The summed E-state index contributed by atoms with van der Waals surface area (Å²) in [5.41, 5.74) is -0.649. The molecule has 2 aromatic rings. The molecule has 0 radical (unpaired) electrons. The van der Waals surface area contributed by atoms with Gasteiger partial charge in [-0.05, 0) is 24.3 Å². The van der Waals surface area contributed by atoms with Crippen molar-refractivity contribution in [3.05, 3.63) is 64.7 Å². The molecule has 12 heteroatoms. The van der Waals surface area contributed by atoms with Crippen LogP contribution in [0.25, 0.3) is 0 Å². The maximum absolute atomic E-state index is 14.5. The second-order valence-corrected chi connectivity index (χ2v) is 7.58. The highest BCUT2D eigenvalue weighted by Gasteiger charge is 2.23. The molecule has 0 saturated carbocycles. The van der Waals surface area contributed by atoms with E-state index in [-0.39, 0.29) is 49.9 Å². The lowest BCUT2D eigenvalue weighted by Gasteiger charge is -2.13. The highest BCUT2D eigenvalue weighted by molar-refractivity contribution is 6.11. The number of benzene rings is 2. The van der Waals surface area contributed by atoms with Crippen molar-refractivity contribution in [2.45, 2.75) is 0 Å². The number of carbonyl (C=O) groups excluding carboxylic acids is 1. The normalized spacial score (nSPS) is 11.0. The zero-order valence-electron chi connectivity index (χ0n) is 20.9. The Hall–Kier alpha value is -3.00. The fourth-order valence-corrected chi connectivity index (χ4v) is 3.03. The number of ether oxygens (including phenoxy) is 6. The molecule has 0 aliphatic carbocycles. The number of ketones is 1. The van der Waals surface area contributed by atoms with E-state index < -0.39 is 29.0 Å². The monoisotopic (exact) mass is 542 g/mol. The van der Waals surface area contributed by atoms with Crippen LogP contribution in [0.4, 0.5) is 8.78 Å². The molecular formula is C26H32F2O10. The van der Waals surface area contributed by atoms with Gasteiger partial charge in [0, 0.05) is 5.56 Å². The number of rotatable bonds is 21. The van der Waals surface area contributed by atoms with Gasteiger partial charge in [-0.3, -0.25) is 4.79 Å². The van der Waals surface area contributed by atoms with E-state index in [9.17, 15) is 18.4 Å². The van der Waals surface area contributed by atoms with Crippen LogP contribution in [0.5, 0.6) is 5.75 Å². The summed E-state index contributed by atoms with van der Waals surface area (Å²) >= 11 is 0. The fraction of sp³-hybridized carbons (Fsp3) is 0.462. The van der Waals surface area contributed by atoms with Gasteiger partial charge < -0.3 is 38.6 Å².